The summed E-state index contributed by atoms with van der Waals surface area (Å²) >= 11 is 0. The van der Waals surface area contributed by atoms with Crippen molar-refractivity contribution in [2.24, 2.45) is 0 Å². The molecule has 0 aromatic heterocycles. The summed E-state index contributed by atoms with van der Waals surface area (Å²) in [5.41, 5.74) is 1.98. The molecule has 4 aromatic carbocycles. The Kier molecular flexibility index (Phi) is 7.10. The van der Waals surface area contributed by atoms with Gasteiger partial charge in [0.15, 0.2) is 0 Å². The van der Waals surface area contributed by atoms with Gasteiger partial charge < -0.3 is 9.64 Å². The Balaban J connectivity index is 1.35. The zero-order valence-electron chi connectivity index (χ0n) is 23.5. The third-order valence-corrected chi connectivity index (χ3v) is 9.89. The van der Waals surface area contributed by atoms with E-state index in [0.717, 1.165) is 10.5 Å². The van der Waals surface area contributed by atoms with Gasteiger partial charge in [-0.1, -0.05) is 42.0 Å². The van der Waals surface area contributed by atoms with E-state index in [9.17, 15) is 28.1 Å². The van der Waals surface area contributed by atoms with Crippen molar-refractivity contribution in [2.45, 2.75) is 18.4 Å². The van der Waals surface area contributed by atoms with Gasteiger partial charge in [-0.15, -0.1) is 0 Å². The van der Waals surface area contributed by atoms with Crippen LogP contribution in [0.3, 0.4) is 0 Å². The van der Waals surface area contributed by atoms with Crippen molar-refractivity contribution >= 4 is 44.0 Å². The Hall–Kier alpha value is -4.81. The summed E-state index contributed by atoms with van der Waals surface area (Å²) in [7, 11) is -2.20. The quantitative estimate of drug-likeness (QED) is 0.174. The smallest absolute Gasteiger partial charge is 0.293 e. The summed E-state index contributed by atoms with van der Waals surface area (Å²) < 4.78 is 33.0. The van der Waals surface area contributed by atoms with Crippen molar-refractivity contribution in [3.8, 4) is 5.75 Å². The molecule has 220 valence electrons. The van der Waals surface area contributed by atoms with Crippen molar-refractivity contribution in [3.05, 3.63) is 105 Å². The van der Waals surface area contributed by atoms with E-state index < -0.39 is 26.8 Å². The molecule has 11 nitrogen and oxygen atoms in total. The minimum Gasteiger partial charge on any atom is -0.497 e. The largest absolute Gasteiger partial charge is 0.497 e. The van der Waals surface area contributed by atoms with Crippen LogP contribution < -0.4 is 9.64 Å². The average molecular weight is 601 g/mol. The van der Waals surface area contributed by atoms with Crippen molar-refractivity contribution in [1.29, 1.82) is 0 Å². The van der Waals surface area contributed by atoms with Gasteiger partial charge in [0.1, 0.15) is 11.4 Å². The standard InChI is InChI=1S/C31H28N4O7S/c1-20-6-12-23(13-7-20)43(40,41)33-16-14-32(15-17-33)29-24-4-3-5-25-28(24)26(18-27(29)35(38)39)31(37)34(30(25)36)19-21-8-10-22(42-2)11-9-21/h3-13,18H,14-17,19H2,1-2H3. The molecule has 2 heterocycles. The first-order chi connectivity index (χ1) is 20.6. The molecule has 1 saturated heterocycles. The molecular weight excluding hydrogens is 572 g/mol. The topological polar surface area (TPSA) is 130 Å². The maximum Gasteiger partial charge on any atom is 0.293 e. The van der Waals surface area contributed by atoms with Gasteiger partial charge in [-0.25, -0.2) is 8.42 Å². The number of methoxy groups -OCH3 is 1. The number of carbonyl (C=O) groups excluding carboxylic acids is 2. The molecule has 0 aliphatic carbocycles. The van der Waals surface area contributed by atoms with E-state index in [1.165, 1.54) is 10.4 Å². The number of nitro benzene ring substituents is 1. The highest BCUT2D eigenvalue weighted by Gasteiger charge is 2.38. The molecule has 12 heteroatoms. The van der Waals surface area contributed by atoms with Crippen LogP contribution in [0.25, 0.3) is 10.8 Å². The third kappa shape index (κ3) is 4.88. The van der Waals surface area contributed by atoms with Crippen LogP contribution >= 0.6 is 0 Å². The number of piperazine rings is 1. The molecule has 4 aromatic rings. The van der Waals surface area contributed by atoms with Crippen LogP contribution in [0.5, 0.6) is 5.75 Å². The lowest BCUT2D eigenvalue weighted by Gasteiger charge is -2.36. The van der Waals surface area contributed by atoms with Crippen LogP contribution in [0.15, 0.2) is 77.7 Å². The van der Waals surface area contributed by atoms with Gasteiger partial charge in [0.2, 0.25) is 10.0 Å². The Labute approximate surface area is 248 Å². The first-order valence-corrected chi connectivity index (χ1v) is 15.1. The van der Waals surface area contributed by atoms with Crippen molar-refractivity contribution in [1.82, 2.24) is 9.21 Å². The number of carbonyl (C=O) groups is 2. The van der Waals surface area contributed by atoms with Crippen molar-refractivity contribution in [2.75, 3.05) is 38.2 Å². The molecule has 0 saturated carbocycles. The number of imide groups is 1. The van der Waals surface area contributed by atoms with E-state index in [2.05, 4.69) is 0 Å². The predicted octanol–water partition coefficient (Wildman–Crippen LogP) is 4.37. The molecule has 0 N–H and O–H groups in total. The molecule has 43 heavy (non-hydrogen) atoms. The number of ether oxygens (including phenoxy) is 1. The highest BCUT2D eigenvalue weighted by molar-refractivity contribution is 7.89. The minimum absolute atomic E-state index is 0.00947. The van der Waals surface area contributed by atoms with Crippen LogP contribution in [-0.2, 0) is 16.6 Å². The number of benzene rings is 4. The molecule has 2 aliphatic heterocycles. The normalized spacial score (nSPS) is 15.7. The minimum atomic E-state index is -3.74. The Bertz CT molecular complexity index is 1880. The lowest BCUT2D eigenvalue weighted by molar-refractivity contribution is -0.384. The van der Waals surface area contributed by atoms with Gasteiger partial charge in [-0.05, 0) is 42.8 Å². The summed E-state index contributed by atoms with van der Waals surface area (Å²) in [5, 5.41) is 13.2. The van der Waals surface area contributed by atoms with E-state index >= 15 is 0 Å². The van der Waals surface area contributed by atoms with Crippen LogP contribution in [-0.4, -0.2) is 67.6 Å². The van der Waals surface area contributed by atoms with Gasteiger partial charge in [0.05, 0.1) is 29.0 Å². The summed E-state index contributed by atoms with van der Waals surface area (Å²) in [6, 6.07) is 19.7. The average Bonchev–Trinajstić information content (AvgIpc) is 3.02. The predicted molar refractivity (Wildman–Crippen MR) is 160 cm³/mol. The first kappa shape index (κ1) is 28.3. The SMILES string of the molecule is COc1ccc(CN2C(=O)c3cccc4c(N5CCN(S(=O)(=O)c6ccc(C)cc6)CC5)c([N+](=O)[O-])cc(c34)C2=O)cc1. The number of anilines is 1. The number of hydrogen-bond acceptors (Lipinski definition) is 8. The van der Waals surface area contributed by atoms with Gasteiger partial charge in [-0.2, -0.15) is 4.31 Å². The number of aryl methyl sites for hydroxylation is 1. The Morgan fingerprint density at radius 3 is 2.16 bits per heavy atom. The van der Waals surface area contributed by atoms with Gasteiger partial charge >= 0.3 is 0 Å². The molecule has 0 unspecified atom stereocenters. The molecule has 0 atom stereocenters. The maximum atomic E-state index is 13.7. The van der Waals surface area contributed by atoms with E-state index in [1.807, 2.05) is 6.92 Å². The number of sulfonamides is 1. The second kappa shape index (κ2) is 10.8. The summed E-state index contributed by atoms with van der Waals surface area (Å²) in [6.07, 6.45) is 0. The number of rotatable bonds is 7. The van der Waals surface area contributed by atoms with E-state index in [0.29, 0.717) is 22.1 Å². The Morgan fingerprint density at radius 2 is 1.53 bits per heavy atom. The maximum absolute atomic E-state index is 13.7. The second-order valence-corrected chi connectivity index (χ2v) is 12.5. The first-order valence-electron chi connectivity index (χ1n) is 13.6. The molecule has 2 amide bonds. The van der Waals surface area contributed by atoms with E-state index in [4.69, 9.17) is 4.74 Å². The summed E-state index contributed by atoms with van der Waals surface area (Å²) in [6.45, 7) is 2.48. The summed E-state index contributed by atoms with van der Waals surface area (Å²) in [5.74, 6) is -0.479. The van der Waals surface area contributed by atoms with Gasteiger partial charge in [-0.3, -0.25) is 24.6 Å². The van der Waals surface area contributed by atoms with E-state index in [1.54, 1.807) is 78.7 Å². The highest BCUT2D eigenvalue weighted by Crippen LogP contribution is 2.43. The molecular formula is C31H28N4O7S. The van der Waals surface area contributed by atoms with Crippen LogP contribution in [0, 0.1) is 17.0 Å². The Morgan fingerprint density at radius 1 is 0.884 bits per heavy atom. The molecule has 0 spiro atoms. The van der Waals surface area contributed by atoms with Crippen LogP contribution in [0.1, 0.15) is 31.8 Å². The second-order valence-electron chi connectivity index (χ2n) is 10.5. The molecule has 1 fully saturated rings. The van der Waals surface area contributed by atoms with E-state index in [-0.39, 0.29) is 60.1 Å². The number of hydrogen-bond donors (Lipinski definition) is 0. The number of nitrogens with zero attached hydrogens (tertiary/aromatic N) is 4. The molecule has 0 bridgehead atoms. The zero-order valence-corrected chi connectivity index (χ0v) is 24.3. The number of amides is 2. The fourth-order valence-corrected chi connectivity index (χ4v) is 7.15. The fourth-order valence-electron chi connectivity index (χ4n) is 5.72. The zero-order chi connectivity index (χ0) is 30.5. The lowest BCUT2D eigenvalue weighted by Crippen LogP contribution is -2.49. The van der Waals surface area contributed by atoms with Crippen LogP contribution in [0.2, 0.25) is 0 Å². The van der Waals surface area contributed by atoms with Crippen molar-refractivity contribution in [3.63, 3.8) is 0 Å². The lowest BCUT2D eigenvalue weighted by atomic mass is 9.91. The molecule has 6 rings (SSSR count). The highest BCUT2D eigenvalue weighted by atomic mass is 32.2. The number of nitro groups is 1. The van der Waals surface area contributed by atoms with Crippen molar-refractivity contribution < 1.29 is 27.7 Å². The monoisotopic (exact) mass is 600 g/mol. The third-order valence-electron chi connectivity index (χ3n) is 7.97. The molecule has 2 aliphatic rings. The van der Waals surface area contributed by atoms with Crippen LogP contribution in [0.4, 0.5) is 11.4 Å². The molecule has 0 radical (unpaired) electrons. The fraction of sp³-hybridized carbons (Fsp3) is 0.226. The van der Waals surface area contributed by atoms with Gasteiger partial charge in [0.25, 0.3) is 17.5 Å². The summed E-state index contributed by atoms with van der Waals surface area (Å²) in [4.78, 5) is 42.2. The van der Waals surface area contributed by atoms with Gasteiger partial charge in [0, 0.05) is 48.6 Å².